The fourth-order valence-electron chi connectivity index (χ4n) is 1.53. The molecule has 78 valence electrons. The molecule has 0 spiro atoms. The van der Waals surface area contributed by atoms with Crippen LogP contribution in [-0.2, 0) is 6.54 Å². The van der Waals surface area contributed by atoms with Gasteiger partial charge in [-0.3, -0.25) is 0 Å². The number of benzene rings is 1. The Morgan fingerprint density at radius 1 is 1.33 bits per heavy atom. The molecule has 0 unspecified atom stereocenters. The van der Waals surface area contributed by atoms with Crippen LogP contribution >= 0.6 is 0 Å². The van der Waals surface area contributed by atoms with Gasteiger partial charge in [0.25, 0.3) is 0 Å². The van der Waals surface area contributed by atoms with Crippen LogP contribution in [0.5, 0.6) is 0 Å². The third-order valence-electron chi connectivity index (χ3n) is 2.29. The van der Waals surface area contributed by atoms with Gasteiger partial charge in [-0.2, -0.15) is 0 Å². The highest BCUT2D eigenvalue weighted by Crippen LogP contribution is 2.21. The second-order valence-corrected chi connectivity index (χ2v) is 3.31. The summed E-state index contributed by atoms with van der Waals surface area (Å²) in [6.07, 6.45) is 3.13. The molecule has 3 heteroatoms. The summed E-state index contributed by atoms with van der Waals surface area (Å²) >= 11 is 0. The van der Waals surface area contributed by atoms with Crippen molar-refractivity contribution in [2.24, 2.45) is 0 Å². The van der Waals surface area contributed by atoms with E-state index in [-0.39, 0.29) is 0 Å². The van der Waals surface area contributed by atoms with E-state index in [1.807, 2.05) is 12.1 Å². The number of hydrogen-bond acceptors (Lipinski definition) is 3. The number of aromatic nitrogens is 1. The lowest BCUT2D eigenvalue weighted by Gasteiger charge is -2.06. The fourth-order valence-corrected chi connectivity index (χ4v) is 1.53. The van der Waals surface area contributed by atoms with E-state index in [2.05, 4.69) is 29.4 Å². The zero-order valence-electron chi connectivity index (χ0n) is 8.73. The van der Waals surface area contributed by atoms with Crippen LogP contribution in [0.25, 0.3) is 11.3 Å². The molecule has 1 heterocycles. The summed E-state index contributed by atoms with van der Waals surface area (Å²) in [4.78, 5) is 4.16. The van der Waals surface area contributed by atoms with E-state index in [1.165, 1.54) is 12.0 Å². The molecule has 0 fully saturated rings. The Kier molecular flexibility index (Phi) is 3.15. The van der Waals surface area contributed by atoms with E-state index in [0.29, 0.717) is 0 Å². The molecule has 1 N–H and O–H groups in total. The Morgan fingerprint density at radius 2 is 2.20 bits per heavy atom. The monoisotopic (exact) mass is 202 g/mol. The summed E-state index contributed by atoms with van der Waals surface area (Å²) < 4.78 is 5.00. The summed E-state index contributed by atoms with van der Waals surface area (Å²) in [6.45, 7) is 3.92. The minimum absolute atomic E-state index is 0.861. The Labute approximate surface area is 89.1 Å². The first-order chi connectivity index (χ1) is 7.42. The van der Waals surface area contributed by atoms with Gasteiger partial charge >= 0.3 is 0 Å². The molecule has 0 amide bonds. The molecule has 0 saturated carbocycles. The lowest BCUT2D eigenvalue weighted by Crippen LogP contribution is -2.12. The summed E-state index contributed by atoms with van der Waals surface area (Å²) in [6, 6.07) is 8.22. The molecule has 0 radical (unpaired) electrons. The second kappa shape index (κ2) is 4.75. The first-order valence-electron chi connectivity index (χ1n) is 5.09. The number of oxazole rings is 1. The average Bonchev–Trinajstić information content (AvgIpc) is 2.80. The fraction of sp³-hybridized carbons (Fsp3) is 0.250. The van der Waals surface area contributed by atoms with Crippen LogP contribution in [0.2, 0.25) is 0 Å². The highest BCUT2D eigenvalue weighted by Gasteiger charge is 2.05. The van der Waals surface area contributed by atoms with Crippen LogP contribution in [0.3, 0.4) is 0 Å². The zero-order chi connectivity index (χ0) is 10.5. The maximum atomic E-state index is 5.00. The van der Waals surface area contributed by atoms with Gasteiger partial charge in [-0.1, -0.05) is 31.2 Å². The summed E-state index contributed by atoms with van der Waals surface area (Å²) in [5, 5.41) is 3.31. The smallest absolute Gasteiger partial charge is 0.181 e. The molecule has 0 aliphatic heterocycles. The van der Waals surface area contributed by atoms with Crippen molar-refractivity contribution >= 4 is 0 Å². The highest BCUT2D eigenvalue weighted by atomic mass is 16.3. The first kappa shape index (κ1) is 9.93. The minimum Gasteiger partial charge on any atom is -0.451 e. The Balaban J connectivity index is 2.30. The van der Waals surface area contributed by atoms with Crippen molar-refractivity contribution in [1.29, 1.82) is 0 Å². The van der Waals surface area contributed by atoms with Gasteiger partial charge in [0.15, 0.2) is 6.39 Å². The van der Waals surface area contributed by atoms with Crippen molar-refractivity contribution in [3.63, 3.8) is 0 Å². The summed E-state index contributed by atoms with van der Waals surface area (Å²) in [5.41, 5.74) is 3.27. The lowest BCUT2D eigenvalue weighted by atomic mass is 10.1. The second-order valence-electron chi connectivity index (χ2n) is 3.31. The zero-order valence-corrected chi connectivity index (χ0v) is 8.73. The molecular formula is C12H14N2O. The molecule has 0 aliphatic rings. The third-order valence-corrected chi connectivity index (χ3v) is 2.29. The Hall–Kier alpha value is -1.61. The molecule has 0 aliphatic carbocycles. The molecular weight excluding hydrogens is 188 g/mol. The summed E-state index contributed by atoms with van der Waals surface area (Å²) in [7, 11) is 0. The predicted molar refractivity (Wildman–Crippen MR) is 59.3 cm³/mol. The topological polar surface area (TPSA) is 38.1 Å². The van der Waals surface area contributed by atoms with Crippen molar-refractivity contribution in [2.45, 2.75) is 13.5 Å². The van der Waals surface area contributed by atoms with Crippen LogP contribution in [0, 0.1) is 0 Å². The quantitative estimate of drug-likeness (QED) is 0.827. The number of hydrogen-bond donors (Lipinski definition) is 1. The van der Waals surface area contributed by atoms with Gasteiger partial charge in [-0.15, -0.1) is 0 Å². The van der Waals surface area contributed by atoms with Gasteiger partial charge in [0.1, 0.15) is 12.0 Å². The molecule has 1 aromatic heterocycles. The van der Waals surface area contributed by atoms with Crippen LogP contribution in [0.4, 0.5) is 0 Å². The Bertz CT molecular complexity index is 409. The van der Waals surface area contributed by atoms with E-state index >= 15 is 0 Å². The van der Waals surface area contributed by atoms with Crippen molar-refractivity contribution in [1.82, 2.24) is 10.3 Å². The highest BCUT2D eigenvalue weighted by molar-refractivity contribution is 5.62. The molecule has 15 heavy (non-hydrogen) atoms. The minimum atomic E-state index is 0.861. The van der Waals surface area contributed by atoms with Crippen molar-refractivity contribution in [3.05, 3.63) is 42.5 Å². The summed E-state index contributed by atoms with van der Waals surface area (Å²) in [5.74, 6) is 0. The average molecular weight is 202 g/mol. The molecule has 3 nitrogen and oxygen atoms in total. The van der Waals surface area contributed by atoms with E-state index in [0.717, 1.165) is 24.3 Å². The van der Waals surface area contributed by atoms with E-state index in [1.54, 1.807) is 6.26 Å². The normalized spacial score (nSPS) is 10.5. The molecule has 2 rings (SSSR count). The first-order valence-corrected chi connectivity index (χ1v) is 5.09. The van der Waals surface area contributed by atoms with Gasteiger partial charge in [-0.05, 0) is 12.1 Å². The van der Waals surface area contributed by atoms with Crippen LogP contribution in [0.15, 0.2) is 41.3 Å². The number of nitrogens with one attached hydrogen (secondary N) is 1. The van der Waals surface area contributed by atoms with Crippen molar-refractivity contribution < 1.29 is 4.42 Å². The molecule has 2 aromatic rings. The molecule has 0 atom stereocenters. The Morgan fingerprint density at radius 3 is 2.93 bits per heavy atom. The molecule has 0 saturated heterocycles. The van der Waals surface area contributed by atoms with E-state index in [9.17, 15) is 0 Å². The van der Waals surface area contributed by atoms with Gasteiger partial charge in [0.05, 0.1) is 0 Å². The molecule has 0 bridgehead atoms. The maximum Gasteiger partial charge on any atom is 0.181 e. The van der Waals surface area contributed by atoms with Gasteiger partial charge in [-0.25, -0.2) is 4.98 Å². The standard InChI is InChI=1S/C12H14N2O/c1-2-13-7-10-5-3-4-6-11(10)12-8-15-9-14-12/h3-6,8-9,13H,2,7H2,1H3. The number of nitrogens with zero attached hydrogens (tertiary/aromatic N) is 1. The van der Waals surface area contributed by atoms with E-state index in [4.69, 9.17) is 4.42 Å². The predicted octanol–water partition coefficient (Wildman–Crippen LogP) is 2.45. The number of rotatable bonds is 4. The SMILES string of the molecule is CCNCc1ccccc1-c1cocn1. The van der Waals surface area contributed by atoms with Crippen molar-refractivity contribution in [3.8, 4) is 11.3 Å². The largest absolute Gasteiger partial charge is 0.451 e. The van der Waals surface area contributed by atoms with Crippen LogP contribution < -0.4 is 5.32 Å². The maximum absolute atomic E-state index is 5.00. The van der Waals surface area contributed by atoms with Gasteiger partial charge < -0.3 is 9.73 Å². The van der Waals surface area contributed by atoms with Crippen molar-refractivity contribution in [2.75, 3.05) is 6.54 Å². The van der Waals surface area contributed by atoms with Gasteiger partial charge in [0.2, 0.25) is 0 Å². The van der Waals surface area contributed by atoms with Crippen LogP contribution in [-0.4, -0.2) is 11.5 Å². The van der Waals surface area contributed by atoms with E-state index < -0.39 is 0 Å². The van der Waals surface area contributed by atoms with Crippen LogP contribution in [0.1, 0.15) is 12.5 Å². The molecule has 1 aromatic carbocycles. The van der Waals surface area contributed by atoms with Gasteiger partial charge in [0, 0.05) is 12.1 Å². The lowest BCUT2D eigenvalue weighted by molar-refractivity contribution is 0.558. The third kappa shape index (κ3) is 2.25.